The first kappa shape index (κ1) is 12.7. The fraction of sp³-hybridized carbons (Fsp3) is 0.500. The Hall–Kier alpha value is -0.780. The van der Waals surface area contributed by atoms with Gasteiger partial charge in [-0.15, -0.1) is 21.5 Å². The maximum absolute atomic E-state index is 4.30. The van der Waals surface area contributed by atoms with Crippen LogP contribution in [0.15, 0.2) is 11.4 Å². The Morgan fingerprint density at radius 1 is 1.35 bits per heavy atom. The van der Waals surface area contributed by atoms with Crippen LogP contribution in [0.25, 0.3) is 9.88 Å². The van der Waals surface area contributed by atoms with Crippen LogP contribution in [0.4, 0.5) is 0 Å². The van der Waals surface area contributed by atoms with Crippen LogP contribution >= 0.6 is 22.7 Å². The van der Waals surface area contributed by atoms with Crippen molar-refractivity contribution in [1.29, 1.82) is 0 Å². The zero-order chi connectivity index (χ0) is 12.1. The van der Waals surface area contributed by atoms with E-state index in [1.165, 1.54) is 10.4 Å². The molecule has 0 aromatic carbocycles. The molecule has 0 unspecified atom stereocenters. The van der Waals surface area contributed by atoms with E-state index >= 15 is 0 Å². The molecule has 5 heteroatoms. The smallest absolute Gasteiger partial charge is 0.158 e. The minimum atomic E-state index is 1.02. The second kappa shape index (κ2) is 6.23. The van der Waals surface area contributed by atoms with Crippen LogP contribution < -0.4 is 5.32 Å². The standard InChI is InChI=1S/C12H17N3S2/c1-3-9-6-8-16-11(9)12-15-14-10(17-12)5-4-7-13-2/h6,8,13H,3-5,7H2,1-2H3. The lowest BCUT2D eigenvalue weighted by molar-refractivity contribution is 0.718. The highest BCUT2D eigenvalue weighted by molar-refractivity contribution is 7.20. The van der Waals surface area contributed by atoms with Crippen molar-refractivity contribution in [3.63, 3.8) is 0 Å². The molecule has 0 saturated carbocycles. The lowest BCUT2D eigenvalue weighted by Crippen LogP contribution is -2.08. The summed E-state index contributed by atoms with van der Waals surface area (Å²) in [4.78, 5) is 1.30. The molecule has 0 atom stereocenters. The summed E-state index contributed by atoms with van der Waals surface area (Å²) in [7, 11) is 1.98. The molecule has 0 aliphatic heterocycles. The molecule has 0 fully saturated rings. The Kier molecular flexibility index (Phi) is 4.65. The molecule has 0 aliphatic rings. The molecule has 3 nitrogen and oxygen atoms in total. The van der Waals surface area contributed by atoms with Crippen molar-refractivity contribution in [2.24, 2.45) is 0 Å². The van der Waals surface area contributed by atoms with Gasteiger partial charge in [0.15, 0.2) is 5.01 Å². The Morgan fingerprint density at radius 3 is 3.00 bits per heavy atom. The molecule has 0 aliphatic carbocycles. The molecule has 0 radical (unpaired) electrons. The first-order valence-electron chi connectivity index (χ1n) is 5.89. The number of nitrogens with one attached hydrogen (secondary N) is 1. The monoisotopic (exact) mass is 267 g/mol. The number of hydrogen-bond acceptors (Lipinski definition) is 5. The number of nitrogens with zero attached hydrogens (tertiary/aromatic N) is 2. The predicted molar refractivity (Wildman–Crippen MR) is 74.8 cm³/mol. The quantitative estimate of drug-likeness (QED) is 0.818. The van der Waals surface area contributed by atoms with E-state index in [4.69, 9.17) is 0 Å². The average Bonchev–Trinajstić information content (AvgIpc) is 2.96. The van der Waals surface area contributed by atoms with E-state index in [1.54, 1.807) is 22.7 Å². The number of aryl methyl sites for hydroxylation is 2. The Labute approximate surface area is 110 Å². The molecule has 0 spiro atoms. The van der Waals surface area contributed by atoms with Crippen LogP contribution in [0.1, 0.15) is 23.9 Å². The largest absolute Gasteiger partial charge is 0.320 e. The summed E-state index contributed by atoms with van der Waals surface area (Å²) in [6.45, 7) is 3.22. The summed E-state index contributed by atoms with van der Waals surface area (Å²) in [5.74, 6) is 0. The molecule has 2 heterocycles. The second-order valence-electron chi connectivity index (χ2n) is 3.84. The summed E-state index contributed by atoms with van der Waals surface area (Å²) < 4.78 is 0. The van der Waals surface area contributed by atoms with Crippen molar-refractivity contribution in [3.05, 3.63) is 22.0 Å². The van der Waals surface area contributed by atoms with Crippen molar-refractivity contribution >= 4 is 22.7 Å². The van der Waals surface area contributed by atoms with E-state index in [-0.39, 0.29) is 0 Å². The number of hydrogen-bond donors (Lipinski definition) is 1. The number of thiophene rings is 1. The van der Waals surface area contributed by atoms with E-state index in [1.807, 2.05) is 7.05 Å². The van der Waals surface area contributed by atoms with Crippen LogP contribution in [-0.2, 0) is 12.8 Å². The van der Waals surface area contributed by atoms with Crippen LogP contribution in [0.2, 0.25) is 0 Å². The summed E-state index contributed by atoms with van der Waals surface area (Å²) in [5, 5.41) is 16.1. The topological polar surface area (TPSA) is 37.8 Å². The van der Waals surface area contributed by atoms with Crippen LogP contribution in [-0.4, -0.2) is 23.8 Å². The van der Waals surface area contributed by atoms with Crippen molar-refractivity contribution < 1.29 is 0 Å². The van der Waals surface area contributed by atoms with Gasteiger partial charge in [0, 0.05) is 6.42 Å². The highest BCUT2D eigenvalue weighted by Crippen LogP contribution is 2.32. The van der Waals surface area contributed by atoms with Crippen LogP contribution in [0, 0.1) is 0 Å². The van der Waals surface area contributed by atoms with E-state index in [2.05, 4.69) is 33.9 Å². The van der Waals surface area contributed by atoms with Gasteiger partial charge < -0.3 is 5.32 Å². The van der Waals surface area contributed by atoms with E-state index in [9.17, 15) is 0 Å². The fourth-order valence-corrected chi connectivity index (χ4v) is 3.66. The van der Waals surface area contributed by atoms with Gasteiger partial charge in [0.2, 0.25) is 0 Å². The predicted octanol–water partition coefficient (Wildman–Crippen LogP) is 2.98. The third-order valence-electron chi connectivity index (χ3n) is 2.61. The molecule has 0 amide bonds. The van der Waals surface area contributed by atoms with Crippen molar-refractivity contribution in [3.8, 4) is 9.88 Å². The van der Waals surface area contributed by atoms with Crippen molar-refractivity contribution in [1.82, 2.24) is 15.5 Å². The van der Waals surface area contributed by atoms with E-state index < -0.39 is 0 Å². The molecule has 17 heavy (non-hydrogen) atoms. The van der Waals surface area contributed by atoms with Gasteiger partial charge in [-0.25, -0.2) is 0 Å². The molecule has 92 valence electrons. The second-order valence-corrected chi connectivity index (χ2v) is 5.81. The molecule has 2 rings (SSSR count). The Bertz CT molecular complexity index is 462. The SMILES string of the molecule is CCc1ccsc1-c1nnc(CCCNC)s1. The normalized spacial score (nSPS) is 10.9. The number of aromatic nitrogens is 2. The average molecular weight is 267 g/mol. The summed E-state index contributed by atoms with van der Waals surface area (Å²) >= 11 is 3.50. The Morgan fingerprint density at radius 2 is 2.24 bits per heavy atom. The van der Waals surface area contributed by atoms with Crippen LogP contribution in [0.3, 0.4) is 0 Å². The minimum absolute atomic E-state index is 1.02. The number of rotatable bonds is 6. The maximum Gasteiger partial charge on any atom is 0.158 e. The minimum Gasteiger partial charge on any atom is -0.320 e. The maximum atomic E-state index is 4.30. The highest BCUT2D eigenvalue weighted by Gasteiger charge is 2.11. The zero-order valence-electron chi connectivity index (χ0n) is 10.2. The summed E-state index contributed by atoms with van der Waals surface area (Å²) in [6, 6.07) is 2.18. The van der Waals surface area contributed by atoms with Gasteiger partial charge in [-0.2, -0.15) is 0 Å². The molecule has 2 aromatic rings. The Balaban J connectivity index is 2.07. The third kappa shape index (κ3) is 3.12. The van der Waals surface area contributed by atoms with Crippen LogP contribution in [0.5, 0.6) is 0 Å². The van der Waals surface area contributed by atoms with Gasteiger partial charge in [0.25, 0.3) is 0 Å². The van der Waals surface area contributed by atoms with E-state index in [0.717, 1.165) is 35.8 Å². The summed E-state index contributed by atoms with van der Waals surface area (Å²) in [5.41, 5.74) is 1.38. The van der Waals surface area contributed by atoms with Gasteiger partial charge in [-0.1, -0.05) is 18.3 Å². The zero-order valence-corrected chi connectivity index (χ0v) is 11.8. The first-order valence-corrected chi connectivity index (χ1v) is 7.58. The molecular formula is C12H17N3S2. The van der Waals surface area contributed by atoms with Gasteiger partial charge in [0.05, 0.1) is 4.88 Å². The molecule has 2 aromatic heterocycles. The molecule has 0 saturated heterocycles. The van der Waals surface area contributed by atoms with E-state index in [0.29, 0.717) is 0 Å². The molecule has 1 N–H and O–H groups in total. The van der Waals surface area contributed by atoms with Gasteiger partial charge >= 0.3 is 0 Å². The fourth-order valence-electron chi connectivity index (χ4n) is 1.66. The molecule has 0 bridgehead atoms. The van der Waals surface area contributed by atoms with Crippen molar-refractivity contribution in [2.45, 2.75) is 26.2 Å². The first-order chi connectivity index (χ1) is 8.35. The summed E-state index contributed by atoms with van der Waals surface area (Å²) in [6.07, 6.45) is 3.20. The lowest BCUT2D eigenvalue weighted by Gasteiger charge is -1.95. The van der Waals surface area contributed by atoms with Gasteiger partial charge in [-0.3, -0.25) is 0 Å². The van der Waals surface area contributed by atoms with Gasteiger partial charge in [-0.05, 0) is 43.4 Å². The van der Waals surface area contributed by atoms with Gasteiger partial charge in [0.1, 0.15) is 5.01 Å². The highest BCUT2D eigenvalue weighted by atomic mass is 32.1. The van der Waals surface area contributed by atoms with Crippen molar-refractivity contribution in [2.75, 3.05) is 13.6 Å². The lowest BCUT2D eigenvalue weighted by atomic mass is 10.2. The molecular weight excluding hydrogens is 250 g/mol. The third-order valence-corrected chi connectivity index (χ3v) is 4.70.